The normalized spacial score (nSPS) is 25.9. The maximum absolute atomic E-state index is 14.5. The van der Waals surface area contributed by atoms with Crippen molar-refractivity contribution < 1.29 is 24.6 Å². The second-order valence-electron chi connectivity index (χ2n) is 12.0. The summed E-state index contributed by atoms with van der Waals surface area (Å²) in [5.41, 5.74) is -0.964. The summed E-state index contributed by atoms with van der Waals surface area (Å²) in [6.07, 6.45) is 0.910. The second-order valence-corrected chi connectivity index (χ2v) is 12.9. The molecule has 1 fully saturated rings. The van der Waals surface area contributed by atoms with Gasteiger partial charge >= 0.3 is 0 Å². The molecule has 2 heterocycles. The third-order valence-corrected chi connectivity index (χ3v) is 10.0. The van der Waals surface area contributed by atoms with Crippen LogP contribution in [0.25, 0.3) is 0 Å². The molecule has 0 unspecified atom stereocenters. The Morgan fingerprint density at radius 3 is 1.38 bits per heavy atom. The first-order valence-corrected chi connectivity index (χ1v) is 15.7. The van der Waals surface area contributed by atoms with Crippen LogP contribution in [0.2, 0.25) is 10.0 Å². The molecule has 9 heteroatoms. The van der Waals surface area contributed by atoms with Crippen LogP contribution in [0.15, 0.2) is 97.1 Å². The van der Waals surface area contributed by atoms with Crippen molar-refractivity contribution in [2.45, 2.75) is 43.6 Å². The number of para-hydroxylation sites is 2. The number of amides is 2. The van der Waals surface area contributed by atoms with Crippen molar-refractivity contribution in [2.24, 2.45) is 11.8 Å². The highest BCUT2D eigenvalue weighted by molar-refractivity contribution is 6.30. The summed E-state index contributed by atoms with van der Waals surface area (Å²) in [5.74, 6) is -4.03. The fourth-order valence-corrected chi connectivity index (χ4v) is 7.59. The van der Waals surface area contributed by atoms with E-state index in [0.29, 0.717) is 39.0 Å². The Morgan fingerprint density at radius 1 is 0.600 bits per heavy atom. The van der Waals surface area contributed by atoms with Gasteiger partial charge in [0.05, 0.1) is 36.3 Å². The van der Waals surface area contributed by atoms with Crippen LogP contribution < -0.4 is 9.80 Å². The van der Waals surface area contributed by atoms with Crippen molar-refractivity contribution in [3.63, 3.8) is 0 Å². The van der Waals surface area contributed by atoms with Gasteiger partial charge in [-0.05, 0) is 60.4 Å². The number of hydrogen-bond donors (Lipinski definition) is 2. The van der Waals surface area contributed by atoms with Crippen LogP contribution in [0.1, 0.15) is 41.5 Å². The number of nitrogens with zero attached hydrogens (tertiary/aromatic N) is 2. The standard InChI is InChI=1S/C36H30Cl2N2O5/c37-24-16-12-22(13-17-24)20-39-30-10-3-1-6-26(30)35(44,33(39)42)28-8-5-9-29(32(28)41)36(45)27-7-2-4-11-31(27)40(34(36)43)21-23-14-18-25(38)19-15-23/h1-4,6-7,10-19,28-29,44-45H,5,8-9,20-21H2/t28-,29+,35+,36-. The molecule has 3 aliphatic rings. The van der Waals surface area contributed by atoms with Crippen molar-refractivity contribution >= 4 is 52.2 Å². The summed E-state index contributed by atoms with van der Waals surface area (Å²) in [6, 6.07) is 28.1. The monoisotopic (exact) mass is 640 g/mol. The zero-order valence-corrected chi connectivity index (χ0v) is 25.7. The predicted molar refractivity (Wildman–Crippen MR) is 172 cm³/mol. The van der Waals surface area contributed by atoms with E-state index in [2.05, 4.69) is 0 Å². The molecule has 2 N–H and O–H groups in total. The van der Waals surface area contributed by atoms with E-state index in [1.165, 1.54) is 9.80 Å². The van der Waals surface area contributed by atoms with Crippen molar-refractivity contribution in [2.75, 3.05) is 9.80 Å². The van der Waals surface area contributed by atoms with Crippen molar-refractivity contribution in [3.05, 3.63) is 129 Å². The second kappa shape index (κ2) is 11.1. The number of ketones is 1. The van der Waals surface area contributed by atoms with E-state index in [0.717, 1.165) is 11.1 Å². The van der Waals surface area contributed by atoms with Crippen LogP contribution in [-0.4, -0.2) is 27.8 Å². The summed E-state index contributed by atoms with van der Waals surface area (Å²) in [7, 11) is 0. The lowest BCUT2D eigenvalue weighted by Crippen LogP contribution is -2.56. The first-order chi connectivity index (χ1) is 21.6. The maximum atomic E-state index is 14.5. The molecule has 1 aliphatic carbocycles. The quantitative estimate of drug-likeness (QED) is 0.264. The Morgan fingerprint density at radius 2 is 0.978 bits per heavy atom. The fraction of sp³-hybridized carbons (Fsp3) is 0.250. The van der Waals surface area contributed by atoms with Gasteiger partial charge < -0.3 is 20.0 Å². The first-order valence-electron chi connectivity index (χ1n) is 14.9. The third kappa shape index (κ3) is 4.60. The number of rotatable bonds is 6. The molecule has 0 bridgehead atoms. The fourth-order valence-electron chi connectivity index (χ4n) is 7.34. The third-order valence-electron chi connectivity index (χ3n) is 9.54. The summed E-state index contributed by atoms with van der Waals surface area (Å²) in [5, 5.41) is 25.8. The Hall–Kier alpha value is -4.01. The first kappa shape index (κ1) is 29.7. The van der Waals surface area contributed by atoms with Gasteiger partial charge in [0.15, 0.2) is 11.2 Å². The highest BCUT2D eigenvalue weighted by Crippen LogP contribution is 2.54. The molecule has 0 radical (unpaired) electrons. The molecule has 7 nitrogen and oxygen atoms in total. The molecule has 4 atom stereocenters. The Balaban J connectivity index is 1.24. The lowest BCUT2D eigenvalue weighted by Gasteiger charge is -2.41. The van der Waals surface area contributed by atoms with Crippen molar-refractivity contribution in [3.8, 4) is 0 Å². The highest BCUT2D eigenvalue weighted by Gasteiger charge is 2.63. The Labute approximate surface area is 270 Å². The molecule has 4 aromatic carbocycles. The van der Waals surface area contributed by atoms with Gasteiger partial charge in [-0.15, -0.1) is 0 Å². The van der Waals surface area contributed by atoms with E-state index in [-0.39, 0.29) is 25.9 Å². The van der Waals surface area contributed by atoms with Gasteiger partial charge in [0.25, 0.3) is 11.8 Å². The predicted octanol–water partition coefficient (Wildman–Crippen LogP) is 6.15. The van der Waals surface area contributed by atoms with E-state index in [9.17, 15) is 24.6 Å². The number of carbonyl (C=O) groups is 3. The molecule has 2 aliphatic heterocycles. The topological polar surface area (TPSA) is 98.1 Å². The average molecular weight is 642 g/mol. The SMILES string of the molecule is O=C1[C@H]([C@]2(O)C(=O)N(Cc3ccc(Cl)cc3)c3ccccc32)CCC[C@@H]1[C@@]1(O)C(=O)N(Cc2ccc(Cl)cc2)c2ccccc21. The van der Waals surface area contributed by atoms with Crippen LogP contribution in [0.5, 0.6) is 0 Å². The van der Waals surface area contributed by atoms with Gasteiger partial charge in [-0.25, -0.2) is 0 Å². The van der Waals surface area contributed by atoms with Gasteiger partial charge in [-0.1, -0.05) is 90.3 Å². The number of benzene rings is 4. The number of anilines is 2. The van der Waals surface area contributed by atoms with E-state index < -0.39 is 40.6 Å². The van der Waals surface area contributed by atoms with E-state index >= 15 is 0 Å². The van der Waals surface area contributed by atoms with Crippen molar-refractivity contribution in [1.82, 2.24) is 0 Å². The number of carbonyl (C=O) groups excluding carboxylic acids is 3. The lowest BCUT2D eigenvalue weighted by molar-refractivity contribution is -0.165. The van der Waals surface area contributed by atoms with Gasteiger partial charge in [0.1, 0.15) is 5.78 Å². The van der Waals surface area contributed by atoms with E-state index in [1.807, 2.05) is 24.3 Å². The van der Waals surface area contributed by atoms with Crippen LogP contribution >= 0.6 is 23.2 Å². The minimum Gasteiger partial charge on any atom is -0.375 e. The van der Waals surface area contributed by atoms with Crippen molar-refractivity contribution in [1.29, 1.82) is 0 Å². The van der Waals surface area contributed by atoms with E-state index in [4.69, 9.17) is 23.2 Å². The molecule has 0 saturated heterocycles. The van der Waals surface area contributed by atoms with Crippen LogP contribution in [-0.2, 0) is 38.7 Å². The van der Waals surface area contributed by atoms with Gasteiger partial charge in [0.2, 0.25) is 0 Å². The van der Waals surface area contributed by atoms with Gasteiger partial charge in [-0.3, -0.25) is 14.4 Å². The molecule has 228 valence electrons. The minimum absolute atomic E-state index is 0.176. The van der Waals surface area contributed by atoms with Crippen LogP contribution in [0.3, 0.4) is 0 Å². The molecular formula is C36H30Cl2N2O5. The molecule has 0 spiro atoms. The number of fused-ring (bicyclic) bond motifs is 2. The Bertz CT molecular complexity index is 1700. The largest absolute Gasteiger partial charge is 0.375 e. The minimum atomic E-state index is -2.15. The molecule has 1 saturated carbocycles. The Kier molecular flexibility index (Phi) is 7.33. The zero-order chi connectivity index (χ0) is 31.5. The summed E-state index contributed by atoms with van der Waals surface area (Å²) in [6.45, 7) is 0.351. The average Bonchev–Trinajstić information content (AvgIpc) is 3.40. The zero-order valence-electron chi connectivity index (χ0n) is 24.2. The summed E-state index contributed by atoms with van der Waals surface area (Å²) < 4.78 is 0. The smallest absolute Gasteiger partial charge is 0.264 e. The summed E-state index contributed by atoms with van der Waals surface area (Å²) in [4.78, 5) is 45.9. The van der Waals surface area contributed by atoms with E-state index in [1.54, 1.807) is 72.8 Å². The molecule has 7 rings (SSSR count). The van der Waals surface area contributed by atoms with Crippen LogP contribution in [0.4, 0.5) is 11.4 Å². The van der Waals surface area contributed by atoms with Gasteiger partial charge in [0, 0.05) is 21.2 Å². The molecule has 0 aromatic heterocycles. The molecule has 45 heavy (non-hydrogen) atoms. The molecule has 2 amide bonds. The number of hydrogen-bond acceptors (Lipinski definition) is 5. The van der Waals surface area contributed by atoms with Crippen LogP contribution in [0, 0.1) is 11.8 Å². The number of halogens is 2. The number of aliphatic hydroxyl groups is 2. The molecular weight excluding hydrogens is 611 g/mol. The van der Waals surface area contributed by atoms with Gasteiger partial charge in [-0.2, -0.15) is 0 Å². The highest BCUT2D eigenvalue weighted by atomic mass is 35.5. The molecule has 4 aromatic rings. The summed E-state index contributed by atoms with van der Waals surface area (Å²) >= 11 is 12.1. The maximum Gasteiger partial charge on any atom is 0.264 e. The lowest BCUT2D eigenvalue weighted by atomic mass is 9.64. The number of Topliss-reactive ketones (excluding diaryl/α,β-unsaturated/α-hetero) is 1.